The molecule has 1 aromatic rings. The van der Waals surface area contributed by atoms with E-state index in [9.17, 15) is 9.59 Å². The van der Waals surface area contributed by atoms with E-state index in [1.807, 2.05) is 24.3 Å². The first-order valence-electron chi connectivity index (χ1n) is 8.47. The number of para-hydroxylation sites is 1. The number of hydrogen-bond donors (Lipinski definition) is 2. The molecule has 3 atom stereocenters. The lowest BCUT2D eigenvalue weighted by Crippen LogP contribution is -2.33. The molecule has 1 heterocycles. The molecule has 124 valence electrons. The molecular formula is C18H24N2O3. The zero-order valence-electron chi connectivity index (χ0n) is 13.5. The van der Waals surface area contributed by atoms with Crippen molar-refractivity contribution in [3.63, 3.8) is 0 Å². The fourth-order valence-electron chi connectivity index (χ4n) is 3.10. The third kappa shape index (κ3) is 3.91. The lowest BCUT2D eigenvalue weighted by Gasteiger charge is -2.11. The molecule has 5 heteroatoms. The molecule has 1 aliphatic carbocycles. The molecule has 23 heavy (non-hydrogen) atoms. The van der Waals surface area contributed by atoms with E-state index >= 15 is 0 Å². The highest BCUT2D eigenvalue weighted by molar-refractivity contribution is 5.99. The quantitative estimate of drug-likeness (QED) is 0.845. The van der Waals surface area contributed by atoms with Crippen molar-refractivity contribution in [3.8, 4) is 0 Å². The summed E-state index contributed by atoms with van der Waals surface area (Å²) in [4.78, 5) is 24.4. The molecule has 0 radical (unpaired) electrons. The van der Waals surface area contributed by atoms with Gasteiger partial charge in [0.1, 0.15) is 0 Å². The van der Waals surface area contributed by atoms with Crippen LogP contribution in [0.3, 0.4) is 0 Å². The number of rotatable bonds is 6. The Morgan fingerprint density at radius 3 is 2.74 bits per heavy atom. The fourth-order valence-corrected chi connectivity index (χ4v) is 3.10. The molecule has 3 unspecified atom stereocenters. The van der Waals surface area contributed by atoms with Gasteiger partial charge < -0.3 is 15.4 Å². The third-order valence-corrected chi connectivity index (χ3v) is 4.65. The van der Waals surface area contributed by atoms with Gasteiger partial charge in [0, 0.05) is 18.8 Å². The summed E-state index contributed by atoms with van der Waals surface area (Å²) in [5.41, 5.74) is 1.96. The highest BCUT2D eigenvalue weighted by atomic mass is 16.5. The summed E-state index contributed by atoms with van der Waals surface area (Å²) in [5, 5.41) is 5.88. The molecule has 1 saturated heterocycles. The molecule has 3 rings (SSSR count). The molecule has 2 aliphatic rings. The maximum absolute atomic E-state index is 12.3. The van der Waals surface area contributed by atoms with E-state index in [1.165, 1.54) is 0 Å². The van der Waals surface area contributed by atoms with Crippen LogP contribution in [0.1, 0.15) is 31.7 Å². The van der Waals surface area contributed by atoms with Crippen molar-refractivity contribution < 1.29 is 14.3 Å². The van der Waals surface area contributed by atoms with Crippen LogP contribution in [0.15, 0.2) is 24.3 Å². The lowest BCUT2D eigenvalue weighted by molar-refractivity contribution is -0.125. The van der Waals surface area contributed by atoms with E-state index in [2.05, 4.69) is 17.6 Å². The summed E-state index contributed by atoms with van der Waals surface area (Å²) in [6.45, 7) is 3.40. The summed E-state index contributed by atoms with van der Waals surface area (Å²) in [6.07, 6.45) is 3.71. The van der Waals surface area contributed by atoms with Gasteiger partial charge in [-0.25, -0.2) is 0 Å². The molecule has 2 N–H and O–H groups in total. The predicted molar refractivity (Wildman–Crippen MR) is 88.0 cm³/mol. The molecule has 1 saturated carbocycles. The number of amides is 2. The molecule has 2 amide bonds. The summed E-state index contributed by atoms with van der Waals surface area (Å²) >= 11 is 0. The Hall–Kier alpha value is -1.88. The minimum Gasteiger partial charge on any atom is -0.376 e. The predicted octanol–water partition coefficient (Wildman–Crippen LogP) is 2.12. The van der Waals surface area contributed by atoms with Crippen molar-refractivity contribution in [1.29, 1.82) is 0 Å². The van der Waals surface area contributed by atoms with Gasteiger partial charge in [-0.05, 0) is 37.3 Å². The van der Waals surface area contributed by atoms with Gasteiger partial charge in [-0.2, -0.15) is 0 Å². The van der Waals surface area contributed by atoms with Crippen molar-refractivity contribution in [2.75, 3.05) is 18.5 Å². The molecule has 0 bridgehead atoms. The van der Waals surface area contributed by atoms with E-state index in [4.69, 9.17) is 4.74 Å². The lowest BCUT2D eigenvalue weighted by atomic mass is 10.1. The van der Waals surface area contributed by atoms with Gasteiger partial charge in [-0.1, -0.05) is 25.1 Å². The van der Waals surface area contributed by atoms with E-state index in [0.29, 0.717) is 13.0 Å². The Morgan fingerprint density at radius 1 is 1.22 bits per heavy atom. The molecule has 1 aliphatic heterocycles. The van der Waals surface area contributed by atoms with E-state index < -0.39 is 0 Å². The monoisotopic (exact) mass is 316 g/mol. The fraction of sp³-hybridized carbons (Fsp3) is 0.556. The number of aryl methyl sites for hydroxylation is 1. The van der Waals surface area contributed by atoms with Crippen molar-refractivity contribution in [2.24, 2.45) is 11.8 Å². The normalized spacial score (nSPS) is 25.9. The third-order valence-electron chi connectivity index (χ3n) is 4.65. The first kappa shape index (κ1) is 16.0. The number of hydrogen-bond acceptors (Lipinski definition) is 3. The Balaban J connectivity index is 1.47. The number of benzene rings is 1. The smallest absolute Gasteiger partial charge is 0.228 e. The first-order valence-corrected chi connectivity index (χ1v) is 8.47. The Morgan fingerprint density at radius 2 is 2.00 bits per heavy atom. The number of carbonyl (C=O) groups is 2. The molecule has 5 nitrogen and oxygen atoms in total. The standard InChI is InChI=1S/C18H24N2O3/c1-2-12-6-3-4-8-16(12)20-18(22)15-10-14(15)17(21)19-11-13-7-5-9-23-13/h3-4,6,8,13-15H,2,5,7,9-11H2,1H3,(H,19,21)(H,20,22). The van der Waals surface area contributed by atoms with Crippen LogP contribution in [0.25, 0.3) is 0 Å². The van der Waals surface area contributed by atoms with Gasteiger partial charge in [-0.15, -0.1) is 0 Å². The average molecular weight is 316 g/mol. The van der Waals surface area contributed by atoms with Gasteiger partial charge in [-0.3, -0.25) is 9.59 Å². The van der Waals surface area contributed by atoms with Crippen molar-refractivity contribution >= 4 is 17.5 Å². The van der Waals surface area contributed by atoms with E-state index in [0.717, 1.165) is 37.1 Å². The van der Waals surface area contributed by atoms with Crippen molar-refractivity contribution in [3.05, 3.63) is 29.8 Å². The summed E-state index contributed by atoms with van der Waals surface area (Å²) in [7, 11) is 0. The molecule has 0 spiro atoms. The van der Waals surface area contributed by atoms with Gasteiger partial charge in [0.05, 0.1) is 17.9 Å². The van der Waals surface area contributed by atoms with Crippen LogP contribution >= 0.6 is 0 Å². The molecule has 0 aromatic heterocycles. The van der Waals surface area contributed by atoms with Gasteiger partial charge in [0.25, 0.3) is 0 Å². The second-order valence-electron chi connectivity index (χ2n) is 6.33. The van der Waals surface area contributed by atoms with Crippen molar-refractivity contribution in [1.82, 2.24) is 5.32 Å². The molecular weight excluding hydrogens is 292 g/mol. The number of anilines is 1. The summed E-state index contributed by atoms with van der Waals surface area (Å²) in [5.74, 6) is -0.470. The van der Waals surface area contributed by atoms with Crippen LogP contribution in [0.2, 0.25) is 0 Å². The van der Waals surface area contributed by atoms with Crippen LogP contribution < -0.4 is 10.6 Å². The largest absolute Gasteiger partial charge is 0.376 e. The van der Waals surface area contributed by atoms with Crippen LogP contribution in [-0.2, 0) is 20.7 Å². The molecule has 1 aromatic carbocycles. The number of carbonyl (C=O) groups excluding carboxylic acids is 2. The maximum Gasteiger partial charge on any atom is 0.228 e. The minimum atomic E-state index is -0.204. The first-order chi connectivity index (χ1) is 11.2. The van der Waals surface area contributed by atoms with E-state index in [-0.39, 0.29) is 29.8 Å². The van der Waals surface area contributed by atoms with Gasteiger partial charge in [0.2, 0.25) is 11.8 Å². The zero-order chi connectivity index (χ0) is 16.2. The SMILES string of the molecule is CCc1ccccc1NC(=O)C1CC1C(=O)NCC1CCCO1. The van der Waals surface area contributed by atoms with Crippen LogP contribution in [0, 0.1) is 11.8 Å². The zero-order valence-corrected chi connectivity index (χ0v) is 13.5. The van der Waals surface area contributed by atoms with Crippen LogP contribution in [0.4, 0.5) is 5.69 Å². The Bertz CT molecular complexity index is 581. The second kappa shape index (κ2) is 7.13. The number of ether oxygens (including phenoxy) is 1. The van der Waals surface area contributed by atoms with Gasteiger partial charge >= 0.3 is 0 Å². The van der Waals surface area contributed by atoms with Crippen molar-refractivity contribution in [2.45, 2.75) is 38.7 Å². The summed E-state index contributed by atoms with van der Waals surface area (Å²) < 4.78 is 5.49. The minimum absolute atomic E-state index is 0.0237. The number of nitrogens with one attached hydrogen (secondary N) is 2. The summed E-state index contributed by atoms with van der Waals surface area (Å²) in [6, 6.07) is 7.79. The highest BCUT2D eigenvalue weighted by Crippen LogP contribution is 2.39. The highest BCUT2D eigenvalue weighted by Gasteiger charge is 2.48. The molecule has 2 fully saturated rings. The van der Waals surface area contributed by atoms with Gasteiger partial charge in [0.15, 0.2) is 0 Å². The topological polar surface area (TPSA) is 67.4 Å². The Labute approximate surface area is 136 Å². The van der Waals surface area contributed by atoms with Crippen LogP contribution in [0.5, 0.6) is 0 Å². The van der Waals surface area contributed by atoms with E-state index in [1.54, 1.807) is 0 Å². The second-order valence-corrected chi connectivity index (χ2v) is 6.33. The Kier molecular flexibility index (Phi) is 4.96. The maximum atomic E-state index is 12.3. The average Bonchev–Trinajstić information content (AvgIpc) is 3.21. The van der Waals surface area contributed by atoms with Crippen LogP contribution in [-0.4, -0.2) is 31.1 Å².